The number of nitrogens with one attached hydrogen (secondary N) is 2. The van der Waals surface area contributed by atoms with Crippen LogP contribution in [0.15, 0.2) is 109 Å². The van der Waals surface area contributed by atoms with Gasteiger partial charge in [0.1, 0.15) is 47.7 Å². The predicted molar refractivity (Wildman–Crippen MR) is 283 cm³/mol. The number of nitrogens with two attached hydrogens (primary N) is 2. The molecule has 14 nitrogen and oxygen atoms in total. The third-order valence-corrected chi connectivity index (χ3v) is 14.5. The summed E-state index contributed by atoms with van der Waals surface area (Å²) in [4.78, 5) is 42.7. The van der Waals surface area contributed by atoms with Crippen LogP contribution in [-0.2, 0) is 22.6 Å². The quantitative estimate of drug-likeness (QED) is 0.0904. The molecule has 2 amide bonds. The second-order valence-corrected chi connectivity index (χ2v) is 19.3. The zero-order chi connectivity index (χ0) is 53.1. The van der Waals surface area contributed by atoms with Crippen molar-refractivity contribution < 1.29 is 37.3 Å². The Hall–Kier alpha value is -8.60. The molecule has 4 aliphatic heterocycles. The van der Waals surface area contributed by atoms with Gasteiger partial charge in [-0.15, -0.1) is 0 Å². The maximum atomic E-state index is 14.7. The lowest BCUT2D eigenvalue weighted by Gasteiger charge is -2.18. The lowest BCUT2D eigenvalue weighted by atomic mass is 9.84. The number of ether oxygens (including phenoxy) is 4. The molecule has 0 spiro atoms. The molecule has 8 heterocycles. The van der Waals surface area contributed by atoms with Gasteiger partial charge in [-0.3, -0.25) is 9.59 Å². The summed E-state index contributed by atoms with van der Waals surface area (Å²) in [5.74, 6) is 0.528. The maximum Gasteiger partial charge on any atom is 0.251 e. The third kappa shape index (κ3) is 9.02. The molecule has 16 heteroatoms. The molecule has 0 fully saturated rings. The number of aryl methyl sites for hydroxylation is 4. The Morgan fingerprint density at radius 2 is 0.895 bits per heavy atom. The molecule has 6 N–H and O–H groups in total. The Morgan fingerprint density at radius 3 is 1.29 bits per heavy atom. The van der Waals surface area contributed by atoms with Crippen LogP contribution in [0.4, 0.5) is 20.4 Å². The van der Waals surface area contributed by atoms with Crippen LogP contribution in [-0.4, -0.2) is 45.0 Å². The highest BCUT2D eigenvalue weighted by molar-refractivity contribution is 5.95. The predicted octanol–water partition coefficient (Wildman–Crippen LogP) is 10.7. The van der Waals surface area contributed by atoms with Crippen molar-refractivity contribution in [3.8, 4) is 34.0 Å². The highest BCUT2D eigenvalue weighted by Gasteiger charge is 2.44. The summed E-state index contributed by atoms with van der Waals surface area (Å²) in [6, 6.07) is 29.9. The van der Waals surface area contributed by atoms with Crippen LogP contribution in [0.2, 0.25) is 0 Å². The molecular weight excluding hydrogens is 967 g/mol. The van der Waals surface area contributed by atoms with Gasteiger partial charge in [-0.1, -0.05) is 36.4 Å². The van der Waals surface area contributed by atoms with Crippen molar-refractivity contribution in [3.63, 3.8) is 0 Å². The fourth-order valence-corrected chi connectivity index (χ4v) is 10.9. The number of carbonyl (C=O) groups excluding carboxylic acids is 2. The molecule has 4 bridgehead atoms. The fourth-order valence-electron chi connectivity index (χ4n) is 10.9. The summed E-state index contributed by atoms with van der Waals surface area (Å²) in [5.41, 5.74) is 28.7. The molecule has 4 aromatic carbocycles. The molecule has 4 atom stereocenters. The van der Waals surface area contributed by atoms with E-state index in [9.17, 15) is 18.4 Å². The fraction of sp³-hybridized carbons (Fsp3) is 0.233. The van der Waals surface area contributed by atoms with Gasteiger partial charge in [-0.25, -0.2) is 28.7 Å². The van der Waals surface area contributed by atoms with E-state index in [0.717, 1.165) is 89.3 Å². The van der Waals surface area contributed by atoms with E-state index in [-0.39, 0.29) is 36.2 Å². The van der Waals surface area contributed by atoms with Gasteiger partial charge in [-0.05, 0) is 168 Å². The molecule has 4 unspecified atom stereocenters. The molecule has 0 aliphatic carbocycles. The molecule has 8 aromatic rings. The summed E-state index contributed by atoms with van der Waals surface area (Å²) in [7, 11) is 0. The third-order valence-electron chi connectivity index (χ3n) is 14.5. The summed E-state index contributed by atoms with van der Waals surface area (Å²) < 4.78 is 52.9. The van der Waals surface area contributed by atoms with Crippen LogP contribution >= 0.6 is 0 Å². The second-order valence-electron chi connectivity index (χ2n) is 19.3. The topological polar surface area (TPSA) is 199 Å². The van der Waals surface area contributed by atoms with Crippen molar-refractivity contribution in [3.05, 3.63) is 210 Å². The Kier molecular flexibility index (Phi) is 13.0. The van der Waals surface area contributed by atoms with Gasteiger partial charge in [0.2, 0.25) is 11.8 Å². The molecular formula is C60H54F2N8O6. The molecule has 4 aromatic heterocycles. The van der Waals surface area contributed by atoms with Crippen molar-refractivity contribution in [2.75, 3.05) is 24.7 Å². The van der Waals surface area contributed by atoms with E-state index in [1.807, 2.05) is 120 Å². The van der Waals surface area contributed by atoms with Crippen LogP contribution < -0.4 is 31.6 Å². The van der Waals surface area contributed by atoms with Gasteiger partial charge >= 0.3 is 0 Å². The lowest BCUT2D eigenvalue weighted by Crippen LogP contribution is -2.24. The van der Waals surface area contributed by atoms with Crippen LogP contribution in [0.3, 0.4) is 0 Å². The lowest BCUT2D eigenvalue weighted by molar-refractivity contribution is 0.0856. The van der Waals surface area contributed by atoms with E-state index in [2.05, 4.69) is 30.6 Å². The minimum absolute atomic E-state index is 0.167. The average Bonchev–Trinajstić information content (AvgIpc) is 4.20. The smallest absolute Gasteiger partial charge is 0.251 e. The molecule has 384 valence electrons. The Bertz CT molecular complexity index is 3640. The standard InChI is InChI=1S/2C30H27FN4O3/c1-4-37-27-12-21(25(31)14-33-27)17-5-7-19-22(10-17)28-20-8-6-18(11-23(20)29(19)38-28)30(36)34-13-24-15(2)9-26(32)35-16(24)3;1-4-37-27-12-21(25(31)14-33-27)17-5-7-19-22(10-17)29-23-11-18(6-8-20(23)28(19)38-29)30(36)34-13-24-15(2)9-26(32)35-16(24)3/h2*5-12,14,28-29H,4,13H2,1-3H3,(H2,32,35)(H,34,36). The van der Waals surface area contributed by atoms with E-state index in [0.29, 0.717) is 72.0 Å². The van der Waals surface area contributed by atoms with E-state index in [4.69, 9.17) is 30.4 Å². The number of amides is 2. The first-order valence-electron chi connectivity index (χ1n) is 25.1. The number of nitrogens with zero attached hydrogens (tertiary/aromatic N) is 4. The number of aromatic nitrogens is 4. The number of hydrogen-bond donors (Lipinski definition) is 4. The van der Waals surface area contributed by atoms with Gasteiger partial charge in [0.15, 0.2) is 0 Å². The Morgan fingerprint density at radius 1 is 0.526 bits per heavy atom. The van der Waals surface area contributed by atoms with Crippen molar-refractivity contribution in [2.45, 2.75) is 79.0 Å². The Labute approximate surface area is 437 Å². The minimum atomic E-state index is -0.418. The van der Waals surface area contributed by atoms with Gasteiger partial charge < -0.3 is 41.0 Å². The number of anilines is 2. The van der Waals surface area contributed by atoms with Gasteiger partial charge in [0.05, 0.1) is 25.6 Å². The van der Waals surface area contributed by atoms with Crippen molar-refractivity contribution in [1.29, 1.82) is 0 Å². The first kappa shape index (κ1) is 49.6. The molecule has 4 aliphatic rings. The van der Waals surface area contributed by atoms with Crippen LogP contribution in [0.1, 0.15) is 137 Å². The summed E-state index contributed by atoms with van der Waals surface area (Å²) >= 11 is 0. The van der Waals surface area contributed by atoms with Crippen molar-refractivity contribution in [1.82, 2.24) is 30.6 Å². The van der Waals surface area contributed by atoms with Gasteiger partial charge in [0.25, 0.3) is 11.8 Å². The highest BCUT2D eigenvalue weighted by Crippen LogP contribution is 2.56. The minimum Gasteiger partial charge on any atom is -0.478 e. The molecule has 0 radical (unpaired) electrons. The average molecular weight is 1020 g/mol. The Balaban J connectivity index is 0.000000162. The van der Waals surface area contributed by atoms with Crippen LogP contribution in [0.25, 0.3) is 22.3 Å². The van der Waals surface area contributed by atoms with Crippen molar-refractivity contribution >= 4 is 23.5 Å². The first-order chi connectivity index (χ1) is 36.7. The highest BCUT2D eigenvalue weighted by atomic mass is 19.1. The molecule has 0 saturated carbocycles. The van der Waals surface area contributed by atoms with E-state index < -0.39 is 11.6 Å². The first-order valence-corrected chi connectivity index (χ1v) is 25.1. The SMILES string of the molecule is CCOc1cc(-c2ccc3c(c2)C2OC3c3cc(C(=O)NCc4c(C)cc(N)nc4C)ccc32)c(F)cn1.CCOc1cc(-c2ccc3c(c2)C2OC3c3ccc(C(=O)NCc4c(C)cc(N)nc4C)cc32)c(F)cn1. The number of rotatable bonds is 12. The van der Waals surface area contributed by atoms with E-state index >= 15 is 0 Å². The van der Waals surface area contributed by atoms with Gasteiger partial charge in [0, 0.05) is 58.9 Å². The summed E-state index contributed by atoms with van der Waals surface area (Å²) in [5, 5.41) is 6.01. The van der Waals surface area contributed by atoms with Crippen molar-refractivity contribution in [2.24, 2.45) is 0 Å². The van der Waals surface area contributed by atoms with Gasteiger partial charge in [-0.2, -0.15) is 0 Å². The number of benzene rings is 4. The number of halogens is 2. The van der Waals surface area contributed by atoms with Crippen LogP contribution in [0, 0.1) is 39.3 Å². The summed E-state index contributed by atoms with van der Waals surface area (Å²) in [6.07, 6.45) is 1.32. The number of hydrogen-bond acceptors (Lipinski definition) is 12. The molecule has 76 heavy (non-hydrogen) atoms. The second kappa shape index (κ2) is 19.9. The largest absolute Gasteiger partial charge is 0.478 e. The zero-order valence-electron chi connectivity index (χ0n) is 42.7. The molecule has 12 rings (SSSR count). The number of fused-ring (bicyclic) bond motifs is 16. The number of carbonyl (C=O) groups is 2. The monoisotopic (exact) mass is 1020 g/mol. The molecule has 0 saturated heterocycles. The zero-order valence-corrected chi connectivity index (χ0v) is 42.7. The number of pyridine rings is 4. The normalized spacial score (nSPS) is 16.7. The maximum absolute atomic E-state index is 14.7. The van der Waals surface area contributed by atoms with E-state index in [1.54, 1.807) is 18.2 Å². The summed E-state index contributed by atoms with van der Waals surface area (Å²) in [6.45, 7) is 13.0. The van der Waals surface area contributed by atoms with Crippen LogP contribution in [0.5, 0.6) is 11.8 Å². The number of nitrogen functional groups attached to an aromatic ring is 2. The van der Waals surface area contributed by atoms with E-state index in [1.165, 1.54) is 12.4 Å².